The van der Waals surface area contributed by atoms with Gasteiger partial charge in [0.1, 0.15) is 0 Å². The quantitative estimate of drug-likeness (QED) is 0.456. The van der Waals surface area contributed by atoms with E-state index in [2.05, 4.69) is 25.1 Å². The third-order valence-electron chi connectivity index (χ3n) is 6.29. The standard InChI is InChI=1S/C16H22O2.C13H9N/c1-2-3-12-4-6-13(7-5-12)14-8-10-15(11-9-14)16(17)18;14-10-11-6-8-13(9-7-11)12-4-2-1-3-5-12/h8-13H,2-7H2,1H3,(H,17,18);1-9H. The van der Waals surface area contributed by atoms with Gasteiger partial charge in [0, 0.05) is 0 Å². The fourth-order valence-corrected chi connectivity index (χ4v) is 4.46. The van der Waals surface area contributed by atoms with Crippen LogP contribution in [0.4, 0.5) is 0 Å². The molecular weight excluding hydrogens is 394 g/mol. The fourth-order valence-electron chi connectivity index (χ4n) is 4.46. The highest BCUT2D eigenvalue weighted by molar-refractivity contribution is 5.87. The van der Waals surface area contributed by atoms with Crippen molar-refractivity contribution in [1.29, 1.82) is 5.26 Å². The summed E-state index contributed by atoms with van der Waals surface area (Å²) in [6.45, 7) is 2.26. The molecule has 0 heterocycles. The Labute approximate surface area is 191 Å². The van der Waals surface area contributed by atoms with Gasteiger partial charge in [-0.1, -0.05) is 74.4 Å². The SMILES string of the molecule is CCCC1CCC(c2ccc(C(=O)O)cc2)CC1.N#Cc1ccc(-c2ccccc2)cc1. The number of nitrogens with zero attached hydrogens (tertiary/aromatic N) is 1. The number of benzene rings is 3. The zero-order chi connectivity index (χ0) is 22.8. The van der Waals surface area contributed by atoms with Gasteiger partial charge in [-0.3, -0.25) is 0 Å². The molecule has 1 saturated carbocycles. The maximum Gasteiger partial charge on any atom is 0.335 e. The Hall–Kier alpha value is -3.38. The van der Waals surface area contributed by atoms with E-state index >= 15 is 0 Å². The predicted molar refractivity (Wildman–Crippen MR) is 130 cm³/mol. The summed E-state index contributed by atoms with van der Waals surface area (Å²) >= 11 is 0. The van der Waals surface area contributed by atoms with Gasteiger partial charge in [-0.15, -0.1) is 0 Å². The number of hydrogen-bond acceptors (Lipinski definition) is 2. The van der Waals surface area contributed by atoms with Crippen LogP contribution < -0.4 is 0 Å². The highest BCUT2D eigenvalue weighted by Gasteiger charge is 2.21. The molecule has 1 N–H and O–H groups in total. The molecule has 3 aromatic carbocycles. The lowest BCUT2D eigenvalue weighted by molar-refractivity contribution is 0.0697. The smallest absolute Gasteiger partial charge is 0.335 e. The van der Waals surface area contributed by atoms with Crippen molar-refractivity contribution < 1.29 is 9.90 Å². The minimum absolute atomic E-state index is 0.387. The van der Waals surface area contributed by atoms with E-state index in [-0.39, 0.29) is 0 Å². The number of aromatic carboxylic acids is 1. The number of carbonyl (C=O) groups is 1. The molecule has 0 amide bonds. The van der Waals surface area contributed by atoms with E-state index < -0.39 is 5.97 Å². The van der Waals surface area contributed by atoms with Crippen molar-refractivity contribution in [2.45, 2.75) is 51.4 Å². The van der Waals surface area contributed by atoms with Crippen LogP contribution in [0.25, 0.3) is 11.1 Å². The number of rotatable bonds is 5. The van der Waals surface area contributed by atoms with Gasteiger partial charge >= 0.3 is 5.97 Å². The maximum atomic E-state index is 10.8. The first kappa shape index (κ1) is 23.3. The number of carboxylic acid groups (broad SMARTS) is 1. The van der Waals surface area contributed by atoms with E-state index in [1.165, 1.54) is 49.7 Å². The van der Waals surface area contributed by atoms with Crippen molar-refractivity contribution in [3.63, 3.8) is 0 Å². The van der Waals surface area contributed by atoms with Gasteiger partial charge in [-0.2, -0.15) is 5.26 Å². The Bertz CT molecular complexity index is 1010. The summed E-state index contributed by atoms with van der Waals surface area (Å²) in [4.78, 5) is 10.8. The first-order valence-electron chi connectivity index (χ1n) is 11.5. The molecule has 3 heteroatoms. The van der Waals surface area contributed by atoms with E-state index in [0.717, 1.165) is 11.5 Å². The molecule has 1 aliphatic carbocycles. The van der Waals surface area contributed by atoms with Gasteiger partial charge < -0.3 is 5.11 Å². The molecule has 3 aromatic rings. The summed E-state index contributed by atoms with van der Waals surface area (Å²) in [5, 5.41) is 17.5. The number of carboxylic acids is 1. The second-order valence-electron chi connectivity index (χ2n) is 8.49. The van der Waals surface area contributed by atoms with E-state index in [4.69, 9.17) is 10.4 Å². The van der Waals surface area contributed by atoms with Crippen LogP contribution in [0, 0.1) is 17.2 Å². The van der Waals surface area contributed by atoms with E-state index in [1.54, 1.807) is 12.1 Å². The first-order valence-corrected chi connectivity index (χ1v) is 11.5. The Morgan fingerprint density at radius 1 is 0.875 bits per heavy atom. The lowest BCUT2D eigenvalue weighted by Crippen LogP contribution is -2.13. The van der Waals surface area contributed by atoms with E-state index in [1.807, 2.05) is 54.6 Å². The molecule has 164 valence electrons. The van der Waals surface area contributed by atoms with Crippen LogP contribution in [0.3, 0.4) is 0 Å². The lowest BCUT2D eigenvalue weighted by Gasteiger charge is -2.28. The monoisotopic (exact) mass is 425 g/mol. The second kappa shape index (κ2) is 11.9. The van der Waals surface area contributed by atoms with Gasteiger partial charge in [0.05, 0.1) is 17.2 Å². The molecule has 0 saturated heterocycles. The van der Waals surface area contributed by atoms with Crippen molar-refractivity contribution in [3.05, 3.63) is 95.6 Å². The average Bonchev–Trinajstić information content (AvgIpc) is 2.86. The van der Waals surface area contributed by atoms with Gasteiger partial charge in [0.15, 0.2) is 0 Å². The van der Waals surface area contributed by atoms with Crippen LogP contribution in [0.5, 0.6) is 0 Å². The van der Waals surface area contributed by atoms with Crippen LogP contribution >= 0.6 is 0 Å². The van der Waals surface area contributed by atoms with E-state index in [9.17, 15) is 4.79 Å². The minimum atomic E-state index is -0.840. The summed E-state index contributed by atoms with van der Waals surface area (Å²) in [5.41, 5.74) is 4.72. The molecule has 0 aliphatic heterocycles. The van der Waals surface area contributed by atoms with Crippen molar-refractivity contribution in [2.24, 2.45) is 5.92 Å². The van der Waals surface area contributed by atoms with Crippen LogP contribution in [-0.2, 0) is 0 Å². The van der Waals surface area contributed by atoms with Crippen LogP contribution in [-0.4, -0.2) is 11.1 Å². The lowest BCUT2D eigenvalue weighted by atomic mass is 9.77. The van der Waals surface area contributed by atoms with Gasteiger partial charge in [-0.25, -0.2) is 4.79 Å². The summed E-state index contributed by atoms with van der Waals surface area (Å²) in [7, 11) is 0. The molecule has 4 rings (SSSR count). The van der Waals surface area contributed by atoms with Gasteiger partial charge in [0.2, 0.25) is 0 Å². The normalized spacial score (nSPS) is 17.5. The van der Waals surface area contributed by atoms with Crippen molar-refractivity contribution in [2.75, 3.05) is 0 Å². The zero-order valence-corrected chi connectivity index (χ0v) is 18.7. The van der Waals surface area contributed by atoms with Crippen LogP contribution in [0.15, 0.2) is 78.9 Å². The summed E-state index contributed by atoms with van der Waals surface area (Å²) < 4.78 is 0. The number of hydrogen-bond donors (Lipinski definition) is 1. The Kier molecular flexibility index (Phi) is 8.63. The summed E-state index contributed by atoms with van der Waals surface area (Å²) in [6.07, 6.45) is 7.85. The molecule has 0 bridgehead atoms. The highest BCUT2D eigenvalue weighted by atomic mass is 16.4. The minimum Gasteiger partial charge on any atom is -0.478 e. The molecule has 1 aliphatic rings. The Morgan fingerprint density at radius 3 is 2.00 bits per heavy atom. The molecule has 1 fully saturated rings. The van der Waals surface area contributed by atoms with Gasteiger partial charge in [0.25, 0.3) is 0 Å². The summed E-state index contributed by atoms with van der Waals surface area (Å²) in [6, 6.07) is 27.3. The Balaban J connectivity index is 0.000000186. The third kappa shape index (κ3) is 6.56. The topological polar surface area (TPSA) is 61.1 Å². The van der Waals surface area contributed by atoms with E-state index in [0.29, 0.717) is 17.0 Å². The second-order valence-corrected chi connectivity index (χ2v) is 8.49. The third-order valence-corrected chi connectivity index (χ3v) is 6.29. The predicted octanol–water partition coefficient (Wildman–Crippen LogP) is 7.68. The molecule has 0 atom stereocenters. The van der Waals surface area contributed by atoms with Crippen molar-refractivity contribution in [3.8, 4) is 17.2 Å². The molecule has 32 heavy (non-hydrogen) atoms. The first-order chi connectivity index (χ1) is 15.6. The fraction of sp³-hybridized carbons (Fsp3) is 0.310. The largest absolute Gasteiger partial charge is 0.478 e. The number of nitriles is 1. The van der Waals surface area contributed by atoms with Gasteiger partial charge in [-0.05, 0) is 78.5 Å². The van der Waals surface area contributed by atoms with Crippen LogP contribution in [0.2, 0.25) is 0 Å². The average molecular weight is 426 g/mol. The molecule has 3 nitrogen and oxygen atoms in total. The molecule has 0 radical (unpaired) electrons. The zero-order valence-electron chi connectivity index (χ0n) is 18.7. The highest BCUT2D eigenvalue weighted by Crippen LogP contribution is 2.37. The molecule has 0 aromatic heterocycles. The molecule has 0 spiro atoms. The van der Waals surface area contributed by atoms with Crippen molar-refractivity contribution >= 4 is 5.97 Å². The Morgan fingerprint density at radius 2 is 1.47 bits per heavy atom. The van der Waals surface area contributed by atoms with Crippen molar-refractivity contribution in [1.82, 2.24) is 0 Å². The molecule has 0 unspecified atom stereocenters. The summed E-state index contributed by atoms with van der Waals surface area (Å²) in [5.74, 6) is 0.721. The molecular formula is C29H31NO2. The van der Waals surface area contributed by atoms with Crippen LogP contribution in [0.1, 0.15) is 72.9 Å². The maximum absolute atomic E-state index is 10.8.